The molecule has 1 unspecified atom stereocenters. The van der Waals surface area contributed by atoms with Crippen molar-refractivity contribution in [2.24, 2.45) is 5.92 Å². The van der Waals surface area contributed by atoms with Crippen LogP contribution in [0.4, 0.5) is 17.1 Å². The molecule has 0 saturated heterocycles. The quantitative estimate of drug-likeness (QED) is 0.168. The number of thiophene rings is 1. The predicted octanol–water partition coefficient (Wildman–Crippen LogP) is 16.6. The molecule has 0 radical (unpaired) electrons. The van der Waals surface area contributed by atoms with E-state index >= 15 is 0 Å². The van der Waals surface area contributed by atoms with E-state index in [0.29, 0.717) is 5.92 Å². The minimum Gasteiger partial charge on any atom is -0.310 e. The van der Waals surface area contributed by atoms with Crippen LogP contribution in [0.15, 0.2) is 188 Å². The van der Waals surface area contributed by atoms with Gasteiger partial charge in [-0.15, -0.1) is 11.3 Å². The van der Waals surface area contributed by atoms with Crippen LogP contribution in [0.3, 0.4) is 0 Å². The highest BCUT2D eigenvalue weighted by Crippen LogP contribution is 2.54. The highest BCUT2D eigenvalue weighted by atomic mass is 32.1. The monoisotopic (exact) mass is 798 g/mol. The Balaban J connectivity index is 0.984. The Morgan fingerprint density at radius 2 is 1.20 bits per heavy atom. The second-order valence-electron chi connectivity index (χ2n) is 17.7. The molecule has 0 saturated carbocycles. The number of fused-ring (bicyclic) bond motifs is 11. The number of aromatic nitrogens is 1. The van der Waals surface area contributed by atoms with Crippen LogP contribution in [0.1, 0.15) is 38.3 Å². The number of rotatable bonds is 5. The number of benzene rings is 8. The number of hydrogen-bond donors (Lipinski definition) is 0. The first-order valence-corrected chi connectivity index (χ1v) is 22.4. The second kappa shape index (κ2) is 12.8. The van der Waals surface area contributed by atoms with Gasteiger partial charge >= 0.3 is 0 Å². The molecule has 11 aromatic rings. The van der Waals surface area contributed by atoms with Crippen LogP contribution in [0, 0.1) is 5.92 Å². The first-order valence-electron chi connectivity index (χ1n) is 21.6. The van der Waals surface area contributed by atoms with E-state index in [9.17, 15) is 0 Å². The van der Waals surface area contributed by atoms with Gasteiger partial charge in [-0.25, -0.2) is 0 Å². The van der Waals surface area contributed by atoms with E-state index in [1.165, 1.54) is 103 Å². The lowest BCUT2D eigenvalue weighted by Crippen LogP contribution is -2.20. The minimum atomic E-state index is -0.0286. The van der Waals surface area contributed by atoms with E-state index < -0.39 is 0 Å². The summed E-state index contributed by atoms with van der Waals surface area (Å²) in [6.45, 7) is 7.20. The van der Waals surface area contributed by atoms with E-state index in [-0.39, 0.29) is 5.41 Å². The van der Waals surface area contributed by atoms with Gasteiger partial charge in [0, 0.05) is 58.5 Å². The predicted molar refractivity (Wildman–Crippen MR) is 262 cm³/mol. The highest BCUT2D eigenvalue weighted by molar-refractivity contribution is 7.25. The summed E-state index contributed by atoms with van der Waals surface area (Å²) in [4.78, 5) is 2.48. The summed E-state index contributed by atoms with van der Waals surface area (Å²) < 4.78 is 5.14. The van der Waals surface area contributed by atoms with Gasteiger partial charge in [0.05, 0.1) is 22.2 Å². The Hall–Kier alpha value is -6.94. The first kappa shape index (κ1) is 34.9. The standard InChI is InChI=1S/C58H42N2S/c1-35-19-29-42-45-15-10-14-41(56(45)58(2,3)49(42)33-35)37-22-27-40(28-23-37)59(39-25-20-36(21-26-39)38-24-32-54-48(34-38)44-12-6-9-18-53(44)61-54)52-31-30-46-43-11-4-7-16-50(43)60-51-17-8-5-13-47(51)55(52)57(46)60/h4-32,34-35H,33H2,1-3H3. The molecule has 0 fully saturated rings. The van der Waals surface area contributed by atoms with Crippen molar-refractivity contribution in [1.29, 1.82) is 0 Å². The van der Waals surface area contributed by atoms with Crippen LogP contribution in [0.25, 0.3) is 86.1 Å². The van der Waals surface area contributed by atoms with E-state index in [0.717, 1.165) is 17.8 Å². The van der Waals surface area contributed by atoms with E-state index in [1.807, 2.05) is 11.3 Å². The zero-order chi connectivity index (χ0) is 40.6. The van der Waals surface area contributed by atoms with Gasteiger partial charge in [-0.1, -0.05) is 148 Å². The van der Waals surface area contributed by atoms with Crippen molar-refractivity contribution in [3.8, 4) is 22.3 Å². The van der Waals surface area contributed by atoms with Gasteiger partial charge in [0.1, 0.15) is 0 Å². The highest BCUT2D eigenvalue weighted by Gasteiger charge is 2.40. The van der Waals surface area contributed by atoms with Gasteiger partial charge < -0.3 is 9.30 Å². The smallest absolute Gasteiger partial charge is 0.0641 e. The molecule has 2 aliphatic rings. The summed E-state index contributed by atoms with van der Waals surface area (Å²) in [5.74, 6) is 0.563. The zero-order valence-corrected chi connectivity index (χ0v) is 35.2. The molecular weight excluding hydrogens is 757 g/mol. The minimum absolute atomic E-state index is 0.0286. The molecule has 2 nitrogen and oxygen atoms in total. The van der Waals surface area contributed by atoms with Crippen molar-refractivity contribution in [2.75, 3.05) is 4.90 Å². The van der Waals surface area contributed by atoms with Crippen LogP contribution in [-0.4, -0.2) is 4.40 Å². The number of hydrogen-bond acceptors (Lipinski definition) is 2. The van der Waals surface area contributed by atoms with Gasteiger partial charge in [-0.2, -0.15) is 0 Å². The molecule has 13 rings (SSSR count). The lowest BCUT2D eigenvalue weighted by Gasteiger charge is -2.29. The number of anilines is 3. The van der Waals surface area contributed by atoms with Crippen LogP contribution >= 0.6 is 11.3 Å². The molecule has 1 atom stereocenters. The van der Waals surface area contributed by atoms with Crippen molar-refractivity contribution >= 4 is 92.2 Å². The maximum Gasteiger partial charge on any atom is 0.0641 e. The fourth-order valence-electron chi connectivity index (χ4n) is 11.1. The molecule has 0 bridgehead atoms. The Labute approximate surface area is 359 Å². The average molecular weight is 799 g/mol. The van der Waals surface area contributed by atoms with E-state index in [2.05, 4.69) is 212 Å². The first-order chi connectivity index (χ1) is 29.9. The summed E-state index contributed by atoms with van der Waals surface area (Å²) in [7, 11) is 0. The van der Waals surface area contributed by atoms with Crippen molar-refractivity contribution in [3.05, 3.63) is 199 Å². The normalized spacial score (nSPS) is 15.9. The molecule has 61 heavy (non-hydrogen) atoms. The molecule has 0 aliphatic heterocycles. The maximum atomic E-state index is 2.48. The fourth-order valence-corrected chi connectivity index (χ4v) is 12.2. The van der Waals surface area contributed by atoms with Crippen molar-refractivity contribution in [3.63, 3.8) is 0 Å². The van der Waals surface area contributed by atoms with Gasteiger partial charge in [0.2, 0.25) is 0 Å². The third-order valence-electron chi connectivity index (χ3n) is 13.9. The Morgan fingerprint density at radius 3 is 1.98 bits per heavy atom. The van der Waals surface area contributed by atoms with Crippen LogP contribution in [0.5, 0.6) is 0 Å². The van der Waals surface area contributed by atoms with E-state index in [1.54, 1.807) is 5.57 Å². The molecule has 8 aromatic carbocycles. The number of nitrogens with zero attached hydrogens (tertiary/aromatic N) is 2. The summed E-state index contributed by atoms with van der Waals surface area (Å²) in [6, 6.07) is 63.6. The third-order valence-corrected chi connectivity index (χ3v) is 15.1. The largest absolute Gasteiger partial charge is 0.310 e. The zero-order valence-electron chi connectivity index (χ0n) is 34.4. The molecular formula is C58H42N2S. The Kier molecular flexibility index (Phi) is 7.31. The van der Waals surface area contributed by atoms with Crippen molar-refractivity contribution in [2.45, 2.75) is 32.6 Å². The molecule has 290 valence electrons. The lowest BCUT2D eigenvalue weighted by molar-refractivity contribution is 0.567. The summed E-state index contributed by atoms with van der Waals surface area (Å²) >= 11 is 1.87. The van der Waals surface area contributed by atoms with Crippen molar-refractivity contribution < 1.29 is 0 Å². The van der Waals surface area contributed by atoms with Gasteiger partial charge in [-0.3, -0.25) is 0 Å². The van der Waals surface area contributed by atoms with Crippen LogP contribution in [0.2, 0.25) is 0 Å². The Bertz CT molecular complexity index is 3650. The van der Waals surface area contributed by atoms with Gasteiger partial charge in [0.25, 0.3) is 0 Å². The maximum absolute atomic E-state index is 2.48. The van der Waals surface area contributed by atoms with Crippen LogP contribution in [-0.2, 0) is 5.41 Å². The average Bonchev–Trinajstić information content (AvgIpc) is 4.02. The molecule has 3 heteroatoms. The number of allylic oxidation sites excluding steroid dienone is 4. The van der Waals surface area contributed by atoms with E-state index in [4.69, 9.17) is 0 Å². The molecule has 0 amide bonds. The summed E-state index contributed by atoms with van der Waals surface area (Å²) in [6.07, 6.45) is 5.89. The molecule has 0 N–H and O–H groups in total. The molecule has 3 heterocycles. The SMILES string of the molecule is CC1C=CC2=C(C1)C(C)(C)c1c2cccc1-c1ccc(N(c2ccc(-c3ccc4sc5ccccc5c4c3)cc2)c2ccc3c4ccccc4n4c5ccccc5c2c34)cc1. The number of para-hydroxylation sites is 2. The summed E-state index contributed by atoms with van der Waals surface area (Å²) in [5.41, 5.74) is 18.0. The third kappa shape index (κ3) is 4.96. The van der Waals surface area contributed by atoms with Crippen LogP contribution < -0.4 is 4.90 Å². The Morgan fingerprint density at radius 1 is 0.557 bits per heavy atom. The molecule has 3 aromatic heterocycles. The topological polar surface area (TPSA) is 7.65 Å². The second-order valence-corrected chi connectivity index (χ2v) is 18.8. The lowest BCUT2D eigenvalue weighted by atomic mass is 9.74. The molecule has 2 aliphatic carbocycles. The van der Waals surface area contributed by atoms with Crippen molar-refractivity contribution in [1.82, 2.24) is 4.40 Å². The van der Waals surface area contributed by atoms with Gasteiger partial charge in [0.15, 0.2) is 0 Å². The van der Waals surface area contributed by atoms with Gasteiger partial charge in [-0.05, 0) is 112 Å². The summed E-state index contributed by atoms with van der Waals surface area (Å²) in [5, 5.41) is 7.76. The fraction of sp³-hybridized carbons (Fsp3) is 0.103. The molecule has 0 spiro atoms.